The van der Waals surface area contributed by atoms with Crippen molar-refractivity contribution >= 4 is 11.8 Å². The molecule has 2 N–H and O–H groups in total. The number of nitrogens with zero attached hydrogens (tertiary/aromatic N) is 4. The van der Waals surface area contributed by atoms with E-state index in [4.69, 9.17) is 4.74 Å². The van der Waals surface area contributed by atoms with E-state index >= 15 is 0 Å². The molecule has 1 saturated heterocycles. The molecule has 0 amide bonds. The van der Waals surface area contributed by atoms with Gasteiger partial charge in [0.25, 0.3) is 0 Å². The van der Waals surface area contributed by atoms with Gasteiger partial charge in [-0.1, -0.05) is 12.1 Å². The van der Waals surface area contributed by atoms with Crippen LogP contribution >= 0.6 is 0 Å². The molecule has 2 aromatic rings. The number of benzene rings is 1. The second kappa shape index (κ2) is 8.18. The van der Waals surface area contributed by atoms with Crippen LogP contribution in [0.2, 0.25) is 0 Å². The summed E-state index contributed by atoms with van der Waals surface area (Å²) < 4.78 is 5.61. The highest BCUT2D eigenvalue weighted by molar-refractivity contribution is 5.91. The Balaban J connectivity index is 2.03. The molecule has 0 saturated carbocycles. The molecule has 140 valence electrons. The summed E-state index contributed by atoms with van der Waals surface area (Å²) in [5.41, 5.74) is 0.514. The third kappa shape index (κ3) is 3.65. The zero-order chi connectivity index (χ0) is 18.5. The van der Waals surface area contributed by atoms with Gasteiger partial charge >= 0.3 is 5.97 Å². The Labute approximate surface area is 152 Å². The van der Waals surface area contributed by atoms with Crippen LogP contribution in [-0.2, 0) is 0 Å². The molecule has 8 nitrogen and oxygen atoms in total. The minimum absolute atomic E-state index is 0.0604. The summed E-state index contributed by atoms with van der Waals surface area (Å²) in [5.74, 6) is -0.172. The normalized spacial score (nSPS) is 17.3. The molecular weight excluding hydrogens is 336 g/mol. The van der Waals surface area contributed by atoms with Gasteiger partial charge in [-0.25, -0.2) is 4.79 Å². The molecule has 1 aromatic carbocycles. The summed E-state index contributed by atoms with van der Waals surface area (Å²) in [7, 11) is 0. The molecule has 3 rings (SSSR count). The van der Waals surface area contributed by atoms with Crippen LogP contribution in [0.15, 0.2) is 24.3 Å². The van der Waals surface area contributed by atoms with Gasteiger partial charge in [0.15, 0.2) is 5.82 Å². The van der Waals surface area contributed by atoms with Crippen LogP contribution in [0.5, 0.6) is 5.75 Å². The van der Waals surface area contributed by atoms with Gasteiger partial charge in [0.1, 0.15) is 11.4 Å². The fraction of sp³-hybridized carbons (Fsp3) is 0.500. The van der Waals surface area contributed by atoms with Gasteiger partial charge in [-0.2, -0.15) is 0 Å². The molecule has 0 bridgehead atoms. The number of aromatic carboxylic acids is 1. The summed E-state index contributed by atoms with van der Waals surface area (Å²) in [6, 6.07) is 7.34. The molecule has 0 spiro atoms. The molecule has 8 heteroatoms. The third-order valence-electron chi connectivity index (χ3n) is 4.54. The van der Waals surface area contributed by atoms with E-state index in [1.165, 1.54) is 4.80 Å². The second-order valence-corrected chi connectivity index (χ2v) is 6.22. The van der Waals surface area contributed by atoms with Crippen molar-refractivity contribution in [1.82, 2.24) is 15.0 Å². The van der Waals surface area contributed by atoms with Crippen LogP contribution in [0, 0.1) is 0 Å². The Morgan fingerprint density at radius 2 is 2.12 bits per heavy atom. The van der Waals surface area contributed by atoms with Crippen molar-refractivity contribution in [3.63, 3.8) is 0 Å². The minimum atomic E-state index is -1.12. The van der Waals surface area contributed by atoms with E-state index in [1.54, 1.807) is 12.1 Å². The monoisotopic (exact) mass is 360 g/mol. The molecule has 2 heterocycles. The number of aliphatic hydroxyl groups excluding tert-OH is 1. The van der Waals surface area contributed by atoms with Crippen molar-refractivity contribution in [2.75, 3.05) is 24.7 Å². The lowest BCUT2D eigenvalue weighted by Gasteiger charge is -2.35. The highest BCUT2D eigenvalue weighted by atomic mass is 16.5. The molecule has 1 fully saturated rings. The van der Waals surface area contributed by atoms with Crippen LogP contribution in [-0.4, -0.2) is 57.0 Å². The largest absolute Gasteiger partial charge is 0.492 e. The first-order valence-electron chi connectivity index (χ1n) is 8.96. The smallest absolute Gasteiger partial charge is 0.360 e. The number of aliphatic hydroxyl groups is 1. The Morgan fingerprint density at radius 1 is 1.31 bits per heavy atom. The number of aromatic nitrogens is 3. The number of anilines is 1. The standard InChI is InChI=1S/C18H24N4O4/c1-2-26-15-9-4-3-8-14(15)22-19-16(18(24)25)17(20-22)21-11-6-5-7-13(21)10-12-23/h3-4,8-9,13,23H,2,5-7,10-12H2,1H3,(H,24,25). The predicted molar refractivity (Wildman–Crippen MR) is 96.2 cm³/mol. The van der Waals surface area contributed by atoms with E-state index in [2.05, 4.69) is 10.2 Å². The topological polar surface area (TPSA) is 101 Å². The van der Waals surface area contributed by atoms with Crippen LogP contribution in [0.3, 0.4) is 0 Å². The zero-order valence-electron chi connectivity index (χ0n) is 14.8. The highest BCUT2D eigenvalue weighted by Gasteiger charge is 2.30. The average Bonchev–Trinajstić information content (AvgIpc) is 3.08. The van der Waals surface area contributed by atoms with Crippen LogP contribution in [0.1, 0.15) is 43.1 Å². The SMILES string of the molecule is CCOc1ccccc1-n1nc(C(=O)O)c(N2CCCCC2CCO)n1. The summed E-state index contributed by atoms with van der Waals surface area (Å²) in [6.45, 7) is 3.14. The molecule has 1 aromatic heterocycles. The number of hydrogen-bond acceptors (Lipinski definition) is 6. The number of para-hydroxylation sites is 2. The number of carboxylic acids is 1. The zero-order valence-corrected chi connectivity index (χ0v) is 14.8. The lowest BCUT2D eigenvalue weighted by Crippen LogP contribution is -2.41. The van der Waals surface area contributed by atoms with Crippen molar-refractivity contribution in [2.45, 2.75) is 38.6 Å². The maximum absolute atomic E-state index is 11.8. The molecule has 1 atom stereocenters. The Kier molecular flexibility index (Phi) is 5.72. The van der Waals surface area contributed by atoms with Gasteiger partial charge in [0.2, 0.25) is 5.69 Å². The lowest BCUT2D eigenvalue weighted by molar-refractivity contribution is 0.0690. The Morgan fingerprint density at radius 3 is 2.85 bits per heavy atom. The molecule has 1 aliphatic rings. The van der Waals surface area contributed by atoms with E-state index in [9.17, 15) is 15.0 Å². The maximum Gasteiger partial charge on any atom is 0.360 e. The van der Waals surface area contributed by atoms with E-state index in [1.807, 2.05) is 24.0 Å². The number of ether oxygens (including phenoxy) is 1. The van der Waals surface area contributed by atoms with E-state index in [-0.39, 0.29) is 18.3 Å². The molecule has 0 radical (unpaired) electrons. The van der Waals surface area contributed by atoms with Crippen molar-refractivity contribution < 1.29 is 19.7 Å². The van der Waals surface area contributed by atoms with Crippen molar-refractivity contribution in [3.8, 4) is 11.4 Å². The average molecular weight is 360 g/mol. The summed E-state index contributed by atoms with van der Waals surface area (Å²) in [6.07, 6.45) is 3.51. The fourth-order valence-electron chi connectivity index (χ4n) is 3.37. The van der Waals surface area contributed by atoms with Gasteiger partial charge in [-0.05, 0) is 44.7 Å². The highest BCUT2D eigenvalue weighted by Crippen LogP contribution is 2.29. The first-order chi connectivity index (χ1) is 12.7. The van der Waals surface area contributed by atoms with Crippen molar-refractivity contribution in [2.24, 2.45) is 0 Å². The number of hydrogen-bond donors (Lipinski definition) is 2. The number of rotatable bonds is 7. The molecular formula is C18H24N4O4. The first-order valence-corrected chi connectivity index (χ1v) is 8.96. The van der Waals surface area contributed by atoms with Gasteiger partial charge in [0.05, 0.1) is 6.61 Å². The maximum atomic E-state index is 11.8. The number of carboxylic acid groups (broad SMARTS) is 1. The van der Waals surface area contributed by atoms with E-state index in [0.29, 0.717) is 36.8 Å². The quantitative estimate of drug-likeness (QED) is 0.780. The van der Waals surface area contributed by atoms with Gasteiger partial charge in [0, 0.05) is 19.2 Å². The Bertz CT molecular complexity index is 759. The van der Waals surface area contributed by atoms with Gasteiger partial charge < -0.3 is 19.8 Å². The summed E-state index contributed by atoms with van der Waals surface area (Å²) in [5, 5.41) is 27.7. The molecule has 26 heavy (non-hydrogen) atoms. The second-order valence-electron chi connectivity index (χ2n) is 6.22. The van der Waals surface area contributed by atoms with Crippen molar-refractivity contribution in [3.05, 3.63) is 30.0 Å². The van der Waals surface area contributed by atoms with Crippen LogP contribution in [0.25, 0.3) is 5.69 Å². The van der Waals surface area contributed by atoms with Crippen LogP contribution in [0.4, 0.5) is 5.82 Å². The summed E-state index contributed by atoms with van der Waals surface area (Å²) in [4.78, 5) is 15.1. The van der Waals surface area contributed by atoms with E-state index in [0.717, 1.165) is 19.3 Å². The third-order valence-corrected chi connectivity index (χ3v) is 4.54. The van der Waals surface area contributed by atoms with Crippen LogP contribution < -0.4 is 9.64 Å². The van der Waals surface area contributed by atoms with Gasteiger partial charge in [-0.3, -0.25) is 0 Å². The number of carbonyl (C=O) groups is 1. The fourth-order valence-corrected chi connectivity index (χ4v) is 3.37. The lowest BCUT2D eigenvalue weighted by atomic mass is 9.99. The molecule has 1 unspecified atom stereocenters. The molecule has 0 aliphatic carbocycles. The predicted octanol–water partition coefficient (Wildman–Crippen LogP) is 2.11. The Hall–Kier alpha value is -2.61. The number of piperidine rings is 1. The first kappa shape index (κ1) is 18.2. The molecule has 1 aliphatic heterocycles. The van der Waals surface area contributed by atoms with Gasteiger partial charge in [-0.15, -0.1) is 15.0 Å². The minimum Gasteiger partial charge on any atom is -0.492 e. The van der Waals surface area contributed by atoms with E-state index < -0.39 is 5.97 Å². The van der Waals surface area contributed by atoms with Crippen molar-refractivity contribution in [1.29, 1.82) is 0 Å². The summed E-state index contributed by atoms with van der Waals surface area (Å²) >= 11 is 0.